The van der Waals surface area contributed by atoms with Crippen molar-refractivity contribution in [3.8, 4) is 5.75 Å². The Kier molecular flexibility index (Phi) is 4.21. The molecular weight excluding hydrogens is 254 g/mol. The van der Waals surface area contributed by atoms with E-state index in [-0.39, 0.29) is 6.09 Å². The molecule has 1 saturated heterocycles. The topological polar surface area (TPSA) is 38.8 Å². The van der Waals surface area contributed by atoms with Gasteiger partial charge >= 0.3 is 6.09 Å². The second kappa shape index (κ2) is 5.73. The quantitative estimate of drug-likeness (QED) is 0.851. The monoisotopic (exact) mass is 277 g/mol. The van der Waals surface area contributed by atoms with Crippen LogP contribution in [0, 0.1) is 12.8 Å². The van der Waals surface area contributed by atoms with Crippen LogP contribution in [0.1, 0.15) is 26.3 Å². The third kappa shape index (κ3) is 4.15. The maximum atomic E-state index is 11.8. The van der Waals surface area contributed by atoms with Crippen LogP contribution in [0.4, 0.5) is 4.79 Å². The predicted octanol–water partition coefficient (Wildman–Crippen LogP) is 3.24. The van der Waals surface area contributed by atoms with Crippen LogP contribution < -0.4 is 4.74 Å². The number of ether oxygens (including phenoxy) is 2. The zero-order valence-corrected chi connectivity index (χ0v) is 12.7. The third-order valence-corrected chi connectivity index (χ3v) is 3.12. The van der Waals surface area contributed by atoms with E-state index in [0.29, 0.717) is 25.6 Å². The number of hydrogen-bond donors (Lipinski definition) is 0. The molecule has 1 amide bonds. The highest BCUT2D eigenvalue weighted by atomic mass is 16.6. The molecule has 20 heavy (non-hydrogen) atoms. The zero-order valence-electron chi connectivity index (χ0n) is 12.7. The summed E-state index contributed by atoms with van der Waals surface area (Å²) in [6.45, 7) is 9.74. The van der Waals surface area contributed by atoms with Gasteiger partial charge in [-0.05, 0) is 39.8 Å². The molecule has 0 aliphatic carbocycles. The fraction of sp³-hybridized carbons (Fsp3) is 0.562. The number of aryl methyl sites for hydroxylation is 1. The molecule has 1 aliphatic rings. The number of carbonyl (C=O) groups excluding carboxylic acids is 1. The summed E-state index contributed by atoms with van der Waals surface area (Å²) >= 11 is 0. The van der Waals surface area contributed by atoms with Crippen LogP contribution in [-0.4, -0.2) is 36.3 Å². The van der Waals surface area contributed by atoms with E-state index in [2.05, 4.69) is 6.92 Å². The Morgan fingerprint density at radius 1 is 1.25 bits per heavy atom. The predicted molar refractivity (Wildman–Crippen MR) is 78.0 cm³/mol. The van der Waals surface area contributed by atoms with Crippen molar-refractivity contribution < 1.29 is 14.3 Å². The minimum absolute atomic E-state index is 0.232. The van der Waals surface area contributed by atoms with Crippen molar-refractivity contribution in [2.75, 3.05) is 19.7 Å². The number of rotatable bonds is 3. The molecule has 4 nitrogen and oxygen atoms in total. The molecule has 0 aromatic heterocycles. The fourth-order valence-electron chi connectivity index (χ4n) is 2.00. The third-order valence-electron chi connectivity index (χ3n) is 3.12. The summed E-state index contributed by atoms with van der Waals surface area (Å²) in [5.74, 6) is 1.27. The maximum Gasteiger partial charge on any atom is 0.410 e. The van der Waals surface area contributed by atoms with Gasteiger partial charge in [-0.15, -0.1) is 0 Å². The number of carbonyl (C=O) groups is 1. The molecule has 1 aromatic rings. The first-order valence-corrected chi connectivity index (χ1v) is 7.01. The number of benzene rings is 1. The molecule has 1 heterocycles. The number of likely N-dealkylation sites (tertiary alicyclic amines) is 1. The van der Waals surface area contributed by atoms with E-state index in [0.717, 1.165) is 5.75 Å². The van der Waals surface area contributed by atoms with Gasteiger partial charge in [-0.3, -0.25) is 0 Å². The van der Waals surface area contributed by atoms with Gasteiger partial charge in [-0.25, -0.2) is 4.79 Å². The first kappa shape index (κ1) is 14.7. The SMILES string of the molecule is Cc1ccc(OCC2CN(C(=O)OC(C)(C)C)C2)cc1. The van der Waals surface area contributed by atoms with Gasteiger partial charge < -0.3 is 14.4 Å². The molecule has 110 valence electrons. The Bertz CT molecular complexity index is 456. The van der Waals surface area contributed by atoms with Crippen molar-refractivity contribution in [2.24, 2.45) is 5.92 Å². The van der Waals surface area contributed by atoms with Crippen LogP contribution in [0.5, 0.6) is 5.75 Å². The standard InChI is InChI=1S/C16H23NO3/c1-12-5-7-14(8-6-12)19-11-13-9-17(10-13)15(18)20-16(2,3)4/h5-8,13H,9-11H2,1-4H3. The number of hydrogen-bond acceptors (Lipinski definition) is 3. The van der Waals surface area contributed by atoms with Crippen LogP contribution in [-0.2, 0) is 4.74 Å². The smallest absolute Gasteiger partial charge is 0.410 e. The summed E-state index contributed by atoms with van der Waals surface area (Å²) in [6, 6.07) is 8.01. The Morgan fingerprint density at radius 3 is 2.40 bits per heavy atom. The second-order valence-electron chi connectivity index (χ2n) is 6.38. The summed E-state index contributed by atoms with van der Waals surface area (Å²) in [5.41, 5.74) is 0.790. The Hall–Kier alpha value is -1.71. The minimum Gasteiger partial charge on any atom is -0.493 e. The average Bonchev–Trinajstić information content (AvgIpc) is 2.27. The normalized spacial score (nSPS) is 15.7. The molecule has 1 fully saturated rings. The largest absolute Gasteiger partial charge is 0.493 e. The lowest BCUT2D eigenvalue weighted by Crippen LogP contribution is -2.53. The van der Waals surface area contributed by atoms with Gasteiger partial charge in [-0.1, -0.05) is 17.7 Å². The highest BCUT2D eigenvalue weighted by molar-refractivity contribution is 5.69. The average molecular weight is 277 g/mol. The first-order chi connectivity index (χ1) is 9.33. The van der Waals surface area contributed by atoms with Crippen LogP contribution in [0.3, 0.4) is 0 Å². The van der Waals surface area contributed by atoms with E-state index in [9.17, 15) is 4.79 Å². The lowest BCUT2D eigenvalue weighted by Gasteiger charge is -2.39. The summed E-state index contributed by atoms with van der Waals surface area (Å²) < 4.78 is 11.0. The summed E-state index contributed by atoms with van der Waals surface area (Å²) in [7, 11) is 0. The van der Waals surface area contributed by atoms with Crippen molar-refractivity contribution in [1.82, 2.24) is 4.90 Å². The van der Waals surface area contributed by atoms with Crippen molar-refractivity contribution in [2.45, 2.75) is 33.3 Å². The van der Waals surface area contributed by atoms with E-state index < -0.39 is 5.60 Å². The Morgan fingerprint density at radius 2 is 1.85 bits per heavy atom. The maximum absolute atomic E-state index is 11.8. The van der Waals surface area contributed by atoms with Crippen molar-refractivity contribution in [3.63, 3.8) is 0 Å². The Balaban J connectivity index is 1.69. The molecule has 0 bridgehead atoms. The van der Waals surface area contributed by atoms with E-state index in [1.54, 1.807) is 4.90 Å². The van der Waals surface area contributed by atoms with E-state index >= 15 is 0 Å². The number of amides is 1. The van der Waals surface area contributed by atoms with Gasteiger partial charge in [0.1, 0.15) is 11.4 Å². The minimum atomic E-state index is -0.430. The molecule has 0 saturated carbocycles. The highest BCUT2D eigenvalue weighted by Gasteiger charge is 2.33. The zero-order chi connectivity index (χ0) is 14.8. The molecule has 0 radical (unpaired) electrons. The molecule has 1 aromatic carbocycles. The van der Waals surface area contributed by atoms with Gasteiger partial charge in [0.05, 0.1) is 6.61 Å². The van der Waals surface area contributed by atoms with Crippen LogP contribution in [0.2, 0.25) is 0 Å². The van der Waals surface area contributed by atoms with Crippen molar-refractivity contribution >= 4 is 6.09 Å². The summed E-state index contributed by atoms with van der Waals surface area (Å²) in [4.78, 5) is 13.5. The summed E-state index contributed by atoms with van der Waals surface area (Å²) in [6.07, 6.45) is -0.232. The molecule has 0 spiro atoms. The molecular formula is C16H23NO3. The molecule has 0 N–H and O–H groups in total. The highest BCUT2D eigenvalue weighted by Crippen LogP contribution is 2.21. The van der Waals surface area contributed by atoms with Gasteiger partial charge in [0.2, 0.25) is 0 Å². The lowest BCUT2D eigenvalue weighted by molar-refractivity contribution is -0.00781. The lowest BCUT2D eigenvalue weighted by atomic mass is 10.0. The molecule has 0 unspecified atom stereocenters. The van der Waals surface area contributed by atoms with Gasteiger partial charge in [0.15, 0.2) is 0 Å². The van der Waals surface area contributed by atoms with Crippen molar-refractivity contribution in [3.05, 3.63) is 29.8 Å². The van der Waals surface area contributed by atoms with Crippen LogP contribution in [0.25, 0.3) is 0 Å². The van der Waals surface area contributed by atoms with Crippen molar-refractivity contribution in [1.29, 1.82) is 0 Å². The van der Waals surface area contributed by atoms with E-state index in [1.165, 1.54) is 5.56 Å². The van der Waals surface area contributed by atoms with E-state index in [1.807, 2.05) is 45.0 Å². The first-order valence-electron chi connectivity index (χ1n) is 7.01. The Labute approximate surface area is 120 Å². The number of nitrogens with zero attached hydrogens (tertiary/aromatic N) is 1. The second-order valence-corrected chi connectivity index (χ2v) is 6.38. The van der Waals surface area contributed by atoms with Gasteiger partial charge in [0.25, 0.3) is 0 Å². The summed E-state index contributed by atoms with van der Waals surface area (Å²) in [5, 5.41) is 0. The molecule has 0 atom stereocenters. The molecule has 1 aliphatic heterocycles. The fourth-order valence-corrected chi connectivity index (χ4v) is 2.00. The van der Waals surface area contributed by atoms with Crippen LogP contribution >= 0.6 is 0 Å². The van der Waals surface area contributed by atoms with Gasteiger partial charge in [-0.2, -0.15) is 0 Å². The van der Waals surface area contributed by atoms with E-state index in [4.69, 9.17) is 9.47 Å². The molecule has 4 heteroatoms. The van der Waals surface area contributed by atoms with Crippen LogP contribution in [0.15, 0.2) is 24.3 Å². The van der Waals surface area contributed by atoms with Gasteiger partial charge in [0, 0.05) is 19.0 Å². The molecule has 2 rings (SSSR count).